The minimum Gasteiger partial charge on any atom is -0.478 e. The topological polar surface area (TPSA) is 40.5 Å². The zero-order valence-electron chi connectivity index (χ0n) is 12.1. The Bertz CT molecular complexity index is 506. The van der Waals surface area contributed by atoms with Crippen LogP contribution in [0.15, 0.2) is 18.2 Å². The molecule has 1 aromatic carbocycles. The van der Waals surface area contributed by atoms with E-state index in [1.807, 2.05) is 13.0 Å². The van der Waals surface area contributed by atoms with E-state index >= 15 is 0 Å². The molecule has 1 saturated heterocycles. The second kappa shape index (κ2) is 5.47. The minimum atomic E-state index is -0.831. The van der Waals surface area contributed by atoms with Crippen LogP contribution in [0.25, 0.3) is 0 Å². The zero-order chi connectivity index (χ0) is 14.1. The van der Waals surface area contributed by atoms with Crippen LogP contribution in [0.4, 0.5) is 5.69 Å². The van der Waals surface area contributed by atoms with Crippen molar-refractivity contribution in [2.24, 2.45) is 5.92 Å². The Hall–Kier alpha value is -1.51. The highest BCUT2D eigenvalue weighted by atomic mass is 16.4. The first-order valence-electron chi connectivity index (χ1n) is 7.77. The summed E-state index contributed by atoms with van der Waals surface area (Å²) in [6, 6.07) is 6.48. The Kier molecular flexibility index (Phi) is 3.68. The molecular formula is C17H23NO2. The van der Waals surface area contributed by atoms with Crippen molar-refractivity contribution in [1.82, 2.24) is 0 Å². The van der Waals surface area contributed by atoms with E-state index in [1.165, 1.54) is 44.2 Å². The molecule has 1 aliphatic heterocycles. The van der Waals surface area contributed by atoms with E-state index in [9.17, 15) is 4.79 Å². The number of aryl methyl sites for hydroxylation is 1. The molecule has 0 bridgehead atoms. The van der Waals surface area contributed by atoms with Gasteiger partial charge in [-0.15, -0.1) is 0 Å². The molecule has 1 aromatic rings. The molecule has 2 fully saturated rings. The summed E-state index contributed by atoms with van der Waals surface area (Å²) in [6.45, 7) is 3.01. The van der Waals surface area contributed by atoms with E-state index in [0.29, 0.717) is 11.6 Å². The molecule has 3 nitrogen and oxygen atoms in total. The molecule has 0 radical (unpaired) electrons. The lowest BCUT2D eigenvalue weighted by Crippen LogP contribution is -2.34. The molecule has 3 rings (SSSR count). The summed E-state index contributed by atoms with van der Waals surface area (Å²) >= 11 is 0. The van der Waals surface area contributed by atoms with Crippen LogP contribution < -0.4 is 4.90 Å². The largest absolute Gasteiger partial charge is 0.478 e. The zero-order valence-corrected chi connectivity index (χ0v) is 12.1. The van der Waals surface area contributed by atoms with E-state index in [1.54, 1.807) is 6.07 Å². The highest BCUT2D eigenvalue weighted by Crippen LogP contribution is 2.38. The second-order valence-electron chi connectivity index (χ2n) is 6.25. The predicted octanol–water partition coefficient (Wildman–Crippen LogP) is 3.85. The van der Waals surface area contributed by atoms with Gasteiger partial charge in [0.15, 0.2) is 0 Å². The van der Waals surface area contributed by atoms with Crippen molar-refractivity contribution in [2.45, 2.75) is 51.5 Å². The van der Waals surface area contributed by atoms with E-state index < -0.39 is 5.97 Å². The maximum absolute atomic E-state index is 11.1. The monoisotopic (exact) mass is 273 g/mol. The van der Waals surface area contributed by atoms with Gasteiger partial charge in [-0.25, -0.2) is 4.79 Å². The van der Waals surface area contributed by atoms with Gasteiger partial charge in [0, 0.05) is 18.3 Å². The average Bonchev–Trinajstić information content (AvgIpc) is 3.09. The fraction of sp³-hybridized carbons (Fsp3) is 0.588. The van der Waals surface area contributed by atoms with Gasteiger partial charge in [-0.3, -0.25) is 0 Å². The van der Waals surface area contributed by atoms with Crippen LogP contribution in [0.5, 0.6) is 0 Å². The second-order valence-corrected chi connectivity index (χ2v) is 6.25. The van der Waals surface area contributed by atoms with E-state index in [-0.39, 0.29) is 0 Å². The number of aromatic carboxylic acids is 1. The van der Waals surface area contributed by atoms with Crippen LogP contribution in [-0.4, -0.2) is 23.7 Å². The minimum absolute atomic E-state index is 0.422. The molecule has 1 aliphatic carbocycles. The first-order valence-corrected chi connectivity index (χ1v) is 7.77. The number of carboxylic acids is 1. The summed E-state index contributed by atoms with van der Waals surface area (Å²) < 4.78 is 0. The number of rotatable bonds is 3. The molecule has 108 valence electrons. The van der Waals surface area contributed by atoms with Gasteiger partial charge in [-0.05, 0) is 62.3 Å². The number of benzene rings is 1. The van der Waals surface area contributed by atoms with E-state index in [0.717, 1.165) is 18.0 Å². The molecule has 0 aromatic heterocycles. The van der Waals surface area contributed by atoms with Gasteiger partial charge in [-0.1, -0.05) is 12.8 Å². The molecule has 1 N–H and O–H groups in total. The van der Waals surface area contributed by atoms with Gasteiger partial charge in [-0.2, -0.15) is 0 Å². The average molecular weight is 273 g/mol. The number of carboxylic acid groups (broad SMARTS) is 1. The normalized spacial score (nSPS) is 23.4. The fourth-order valence-electron chi connectivity index (χ4n) is 4.01. The maximum Gasteiger partial charge on any atom is 0.335 e. The molecular weight excluding hydrogens is 250 g/mol. The van der Waals surface area contributed by atoms with Crippen LogP contribution in [0.3, 0.4) is 0 Å². The van der Waals surface area contributed by atoms with Gasteiger partial charge in [0.1, 0.15) is 0 Å². The smallest absolute Gasteiger partial charge is 0.335 e. The summed E-state index contributed by atoms with van der Waals surface area (Å²) in [5, 5.41) is 9.13. The molecule has 0 amide bonds. The first-order chi connectivity index (χ1) is 9.66. The van der Waals surface area contributed by atoms with Crippen LogP contribution in [0.1, 0.15) is 54.4 Å². The van der Waals surface area contributed by atoms with Gasteiger partial charge >= 0.3 is 5.97 Å². The summed E-state index contributed by atoms with van der Waals surface area (Å²) in [7, 11) is 0. The molecule has 1 saturated carbocycles. The Morgan fingerprint density at radius 3 is 2.60 bits per heavy atom. The Morgan fingerprint density at radius 1 is 1.20 bits per heavy atom. The Labute approximate surface area is 120 Å². The van der Waals surface area contributed by atoms with Gasteiger partial charge in [0.2, 0.25) is 0 Å². The number of nitrogens with zero attached hydrogens (tertiary/aromatic N) is 1. The summed E-state index contributed by atoms with van der Waals surface area (Å²) in [5.41, 5.74) is 2.50. The van der Waals surface area contributed by atoms with Crippen molar-refractivity contribution in [3.63, 3.8) is 0 Å². The van der Waals surface area contributed by atoms with Crippen molar-refractivity contribution in [1.29, 1.82) is 0 Å². The molecule has 2 aliphatic rings. The maximum atomic E-state index is 11.1. The molecule has 0 spiro atoms. The molecule has 3 heteroatoms. The quantitative estimate of drug-likeness (QED) is 0.909. The van der Waals surface area contributed by atoms with Crippen molar-refractivity contribution < 1.29 is 9.90 Å². The van der Waals surface area contributed by atoms with Crippen molar-refractivity contribution >= 4 is 11.7 Å². The highest BCUT2D eigenvalue weighted by molar-refractivity contribution is 5.89. The van der Waals surface area contributed by atoms with Crippen molar-refractivity contribution in [3.05, 3.63) is 29.3 Å². The number of carbonyl (C=O) groups is 1. The number of hydrogen-bond donors (Lipinski definition) is 1. The Balaban J connectivity index is 1.84. The van der Waals surface area contributed by atoms with Gasteiger partial charge in [0.25, 0.3) is 0 Å². The molecule has 20 heavy (non-hydrogen) atoms. The van der Waals surface area contributed by atoms with Crippen LogP contribution >= 0.6 is 0 Å². The van der Waals surface area contributed by atoms with Crippen LogP contribution in [0, 0.1) is 12.8 Å². The van der Waals surface area contributed by atoms with Gasteiger partial charge in [0.05, 0.1) is 5.56 Å². The molecule has 1 unspecified atom stereocenters. The lowest BCUT2D eigenvalue weighted by molar-refractivity contribution is 0.0696. The lowest BCUT2D eigenvalue weighted by atomic mass is 9.95. The summed E-state index contributed by atoms with van der Waals surface area (Å²) in [6.07, 6.45) is 8.06. The summed E-state index contributed by atoms with van der Waals surface area (Å²) in [4.78, 5) is 13.6. The van der Waals surface area contributed by atoms with Crippen LogP contribution in [-0.2, 0) is 0 Å². The predicted molar refractivity (Wildman–Crippen MR) is 80.5 cm³/mol. The molecule has 1 atom stereocenters. The lowest BCUT2D eigenvalue weighted by Gasteiger charge is -2.31. The Morgan fingerprint density at radius 2 is 1.95 bits per heavy atom. The van der Waals surface area contributed by atoms with Crippen molar-refractivity contribution in [3.8, 4) is 0 Å². The number of anilines is 1. The SMILES string of the molecule is Cc1cc(N2CCCC2C2CCCC2)ccc1C(=O)O. The van der Waals surface area contributed by atoms with Crippen LogP contribution in [0.2, 0.25) is 0 Å². The van der Waals surface area contributed by atoms with Crippen molar-refractivity contribution in [2.75, 3.05) is 11.4 Å². The highest BCUT2D eigenvalue weighted by Gasteiger charge is 2.33. The number of hydrogen-bond acceptors (Lipinski definition) is 2. The van der Waals surface area contributed by atoms with E-state index in [2.05, 4.69) is 11.0 Å². The van der Waals surface area contributed by atoms with Gasteiger partial charge < -0.3 is 10.0 Å². The fourth-order valence-corrected chi connectivity index (χ4v) is 4.01. The first kappa shape index (κ1) is 13.5. The third-order valence-electron chi connectivity index (χ3n) is 5.02. The standard InChI is InChI=1S/C17H23NO2/c1-12-11-14(8-9-15(12)17(19)20)18-10-4-7-16(18)13-5-2-3-6-13/h8-9,11,13,16H,2-7,10H2,1H3,(H,19,20). The van der Waals surface area contributed by atoms with E-state index in [4.69, 9.17) is 5.11 Å². The third-order valence-corrected chi connectivity index (χ3v) is 5.02. The molecule has 1 heterocycles. The third kappa shape index (κ3) is 2.41. The summed E-state index contributed by atoms with van der Waals surface area (Å²) in [5.74, 6) is 0.0137.